The Balaban J connectivity index is 2.19. The average molecular weight is 405 g/mol. The number of sulfonamides is 1. The van der Waals surface area contributed by atoms with E-state index in [2.05, 4.69) is 31.3 Å². The van der Waals surface area contributed by atoms with Crippen LogP contribution in [0.5, 0.6) is 0 Å². The van der Waals surface area contributed by atoms with E-state index in [0.717, 1.165) is 17.4 Å². The van der Waals surface area contributed by atoms with Crippen LogP contribution >= 0.6 is 0 Å². The Bertz CT molecular complexity index is 879. The first-order valence-corrected chi connectivity index (χ1v) is 11.0. The van der Waals surface area contributed by atoms with Gasteiger partial charge in [-0.25, -0.2) is 12.7 Å². The molecule has 1 atom stereocenters. The second-order valence-corrected chi connectivity index (χ2v) is 9.01. The fourth-order valence-corrected chi connectivity index (χ4v) is 4.18. The van der Waals surface area contributed by atoms with Crippen LogP contribution in [0.1, 0.15) is 35.8 Å². The van der Waals surface area contributed by atoms with Crippen molar-refractivity contribution in [1.29, 1.82) is 0 Å². The summed E-state index contributed by atoms with van der Waals surface area (Å²) in [7, 11) is -0.636. The smallest absolute Gasteiger partial charge is 0.251 e. The lowest BCUT2D eigenvalue weighted by atomic mass is 10.0. The summed E-state index contributed by atoms with van der Waals surface area (Å²) >= 11 is 0. The number of likely N-dealkylation sites (N-methyl/N-ethyl adjacent to an activating group) is 1. The van der Waals surface area contributed by atoms with Crippen LogP contribution in [-0.2, 0) is 10.0 Å². The SMILES string of the molecule is CC[NH+](CC)[C@H](CNC(=O)c1cccc(S(=O)(=O)N(C)C)c1)c1ccccc1. The Hall–Kier alpha value is -2.22. The summed E-state index contributed by atoms with van der Waals surface area (Å²) in [4.78, 5) is 14.2. The Morgan fingerprint density at radius 3 is 2.25 bits per heavy atom. The monoisotopic (exact) mass is 404 g/mol. The van der Waals surface area contributed by atoms with Crippen molar-refractivity contribution in [2.75, 3.05) is 33.7 Å². The van der Waals surface area contributed by atoms with Crippen molar-refractivity contribution in [3.63, 3.8) is 0 Å². The minimum absolute atomic E-state index is 0.110. The van der Waals surface area contributed by atoms with E-state index in [0.29, 0.717) is 12.1 Å². The quantitative estimate of drug-likeness (QED) is 0.663. The Morgan fingerprint density at radius 2 is 1.68 bits per heavy atom. The molecule has 0 bridgehead atoms. The van der Waals surface area contributed by atoms with E-state index in [-0.39, 0.29) is 16.8 Å². The van der Waals surface area contributed by atoms with Crippen LogP contribution in [0.25, 0.3) is 0 Å². The summed E-state index contributed by atoms with van der Waals surface area (Å²) in [5.74, 6) is -0.275. The van der Waals surface area contributed by atoms with Crippen molar-refractivity contribution in [2.45, 2.75) is 24.8 Å². The fourth-order valence-electron chi connectivity index (χ4n) is 3.23. The number of rotatable bonds is 9. The first-order valence-electron chi connectivity index (χ1n) is 9.51. The molecule has 0 saturated heterocycles. The van der Waals surface area contributed by atoms with Gasteiger partial charge in [-0.2, -0.15) is 0 Å². The summed E-state index contributed by atoms with van der Waals surface area (Å²) in [6.07, 6.45) is 0. The number of hydrogen-bond donors (Lipinski definition) is 2. The molecule has 0 aliphatic carbocycles. The maximum absolute atomic E-state index is 12.7. The van der Waals surface area contributed by atoms with Gasteiger partial charge in [0.15, 0.2) is 0 Å². The normalized spacial score (nSPS) is 12.9. The fraction of sp³-hybridized carbons (Fsp3) is 0.381. The van der Waals surface area contributed by atoms with E-state index in [9.17, 15) is 13.2 Å². The molecule has 1 amide bonds. The lowest BCUT2D eigenvalue weighted by Crippen LogP contribution is -3.12. The van der Waals surface area contributed by atoms with Gasteiger partial charge in [0, 0.05) is 25.2 Å². The van der Waals surface area contributed by atoms with Gasteiger partial charge in [-0.15, -0.1) is 0 Å². The highest BCUT2D eigenvalue weighted by molar-refractivity contribution is 7.89. The topological polar surface area (TPSA) is 70.9 Å². The number of carbonyl (C=O) groups is 1. The third-order valence-corrected chi connectivity index (χ3v) is 6.76. The van der Waals surface area contributed by atoms with Crippen molar-refractivity contribution in [3.8, 4) is 0 Å². The van der Waals surface area contributed by atoms with Gasteiger partial charge < -0.3 is 10.2 Å². The predicted molar refractivity (Wildman–Crippen MR) is 111 cm³/mol. The molecule has 152 valence electrons. The second kappa shape index (κ2) is 9.82. The Kier molecular flexibility index (Phi) is 7.74. The first kappa shape index (κ1) is 22.1. The average Bonchev–Trinajstić information content (AvgIpc) is 2.71. The van der Waals surface area contributed by atoms with E-state index in [1.807, 2.05) is 18.2 Å². The first-order chi connectivity index (χ1) is 13.3. The Morgan fingerprint density at radius 1 is 1.04 bits per heavy atom. The number of hydrogen-bond acceptors (Lipinski definition) is 3. The highest BCUT2D eigenvalue weighted by Gasteiger charge is 2.23. The molecule has 2 rings (SSSR count). The molecule has 0 saturated carbocycles. The summed E-state index contributed by atoms with van der Waals surface area (Å²) in [6, 6.07) is 16.4. The van der Waals surface area contributed by atoms with Gasteiger partial charge in [0.1, 0.15) is 6.04 Å². The molecule has 0 radical (unpaired) electrons. The van der Waals surface area contributed by atoms with E-state index < -0.39 is 10.0 Å². The summed E-state index contributed by atoms with van der Waals surface area (Å²) < 4.78 is 25.8. The van der Waals surface area contributed by atoms with Crippen molar-refractivity contribution >= 4 is 15.9 Å². The van der Waals surface area contributed by atoms with Gasteiger partial charge in [-0.1, -0.05) is 36.4 Å². The molecular formula is C21H30N3O3S+. The molecule has 0 aliphatic rings. The zero-order valence-corrected chi connectivity index (χ0v) is 17.8. The van der Waals surface area contributed by atoms with Crippen LogP contribution in [0.2, 0.25) is 0 Å². The molecule has 28 heavy (non-hydrogen) atoms. The van der Waals surface area contributed by atoms with Crippen LogP contribution in [0.15, 0.2) is 59.5 Å². The van der Waals surface area contributed by atoms with Gasteiger partial charge in [0.05, 0.1) is 24.5 Å². The van der Waals surface area contributed by atoms with E-state index in [1.54, 1.807) is 12.1 Å². The Labute approximate surface area is 168 Å². The molecule has 0 fully saturated rings. The van der Waals surface area contributed by atoms with Crippen molar-refractivity contribution < 1.29 is 18.1 Å². The van der Waals surface area contributed by atoms with Crippen molar-refractivity contribution in [2.24, 2.45) is 0 Å². The zero-order valence-electron chi connectivity index (χ0n) is 17.0. The lowest BCUT2D eigenvalue weighted by molar-refractivity contribution is -0.927. The molecule has 2 N–H and O–H groups in total. The number of benzene rings is 2. The number of carbonyl (C=O) groups excluding carboxylic acids is 1. The van der Waals surface area contributed by atoms with Gasteiger partial charge in [-0.3, -0.25) is 4.79 Å². The van der Waals surface area contributed by atoms with Crippen LogP contribution in [0.3, 0.4) is 0 Å². The molecule has 0 aromatic heterocycles. The molecule has 0 heterocycles. The summed E-state index contributed by atoms with van der Waals surface area (Å²) in [5, 5.41) is 2.99. The molecule has 0 unspecified atom stereocenters. The van der Waals surface area contributed by atoms with Crippen LogP contribution < -0.4 is 10.2 Å². The molecule has 2 aromatic carbocycles. The number of nitrogens with zero attached hydrogens (tertiary/aromatic N) is 1. The predicted octanol–water partition coefficient (Wildman–Crippen LogP) is 1.33. The standard InChI is InChI=1S/C21H29N3O3S/c1-5-24(6-2)20(17-11-8-7-9-12-17)16-22-21(25)18-13-10-14-19(15-18)28(26,27)23(3)4/h7-15,20H,5-6,16H2,1-4H3,(H,22,25)/p+1/t20-/m1/s1. The van der Waals surface area contributed by atoms with Crippen LogP contribution in [0.4, 0.5) is 0 Å². The number of quaternary nitrogens is 1. The van der Waals surface area contributed by atoms with Gasteiger partial charge in [0.25, 0.3) is 5.91 Å². The van der Waals surface area contributed by atoms with Gasteiger partial charge >= 0.3 is 0 Å². The zero-order chi connectivity index (χ0) is 20.7. The summed E-state index contributed by atoms with van der Waals surface area (Å²) in [5.41, 5.74) is 1.51. The summed E-state index contributed by atoms with van der Waals surface area (Å²) in [6.45, 7) is 6.63. The second-order valence-electron chi connectivity index (χ2n) is 6.85. The molecule has 6 nitrogen and oxygen atoms in total. The van der Waals surface area contributed by atoms with Crippen LogP contribution in [0, 0.1) is 0 Å². The molecule has 7 heteroatoms. The lowest BCUT2D eigenvalue weighted by Gasteiger charge is -2.27. The molecule has 2 aromatic rings. The molecule has 0 aliphatic heterocycles. The van der Waals surface area contributed by atoms with Gasteiger partial charge in [0.2, 0.25) is 10.0 Å². The molecular weight excluding hydrogens is 374 g/mol. The number of nitrogens with one attached hydrogen (secondary N) is 2. The number of amides is 1. The maximum atomic E-state index is 12.7. The minimum atomic E-state index is -3.58. The maximum Gasteiger partial charge on any atom is 0.251 e. The highest BCUT2D eigenvalue weighted by atomic mass is 32.2. The third-order valence-electron chi connectivity index (χ3n) is 4.94. The van der Waals surface area contributed by atoms with E-state index in [1.165, 1.54) is 36.7 Å². The highest BCUT2D eigenvalue weighted by Crippen LogP contribution is 2.15. The molecule has 0 spiro atoms. The minimum Gasteiger partial charge on any atom is -0.346 e. The largest absolute Gasteiger partial charge is 0.346 e. The third kappa shape index (κ3) is 5.19. The van der Waals surface area contributed by atoms with Gasteiger partial charge in [-0.05, 0) is 32.0 Å². The van der Waals surface area contributed by atoms with Crippen molar-refractivity contribution in [3.05, 3.63) is 65.7 Å². The van der Waals surface area contributed by atoms with E-state index in [4.69, 9.17) is 0 Å². The van der Waals surface area contributed by atoms with E-state index >= 15 is 0 Å². The van der Waals surface area contributed by atoms with Crippen molar-refractivity contribution in [1.82, 2.24) is 9.62 Å². The van der Waals surface area contributed by atoms with Crippen LogP contribution in [-0.4, -0.2) is 52.4 Å².